The molecular formula is C19H25N3O6S. The highest BCUT2D eigenvalue weighted by Gasteiger charge is 2.22. The highest BCUT2D eigenvalue weighted by molar-refractivity contribution is 7.89. The van der Waals surface area contributed by atoms with Crippen molar-refractivity contribution >= 4 is 16.0 Å². The van der Waals surface area contributed by atoms with Crippen LogP contribution in [0.4, 0.5) is 0 Å². The Labute approximate surface area is 169 Å². The molecule has 2 unspecified atom stereocenters. The molecule has 0 amide bonds. The minimum atomic E-state index is -3.67. The first kappa shape index (κ1) is 21.4. The zero-order valence-corrected chi connectivity index (χ0v) is 17.3. The number of nitrogens with one attached hydrogen (secondary N) is 1. The van der Waals surface area contributed by atoms with E-state index in [4.69, 9.17) is 14.0 Å². The molecule has 0 aliphatic carbocycles. The minimum absolute atomic E-state index is 0.0706. The summed E-state index contributed by atoms with van der Waals surface area (Å²) >= 11 is 0. The molecule has 2 atom stereocenters. The van der Waals surface area contributed by atoms with E-state index >= 15 is 0 Å². The molecule has 1 aliphatic rings. The largest absolute Gasteiger partial charge is 0.449 e. The molecule has 9 nitrogen and oxygen atoms in total. The Bertz CT molecular complexity index is 920. The van der Waals surface area contributed by atoms with Crippen LogP contribution in [0.1, 0.15) is 61.3 Å². The fourth-order valence-corrected chi connectivity index (χ4v) is 3.96. The SMILES string of the molecule is CCCc1noc(C(C)OC(=O)c2ccc(S(=O)(=O)NCC3CCCO3)cc2)n1. The second-order valence-electron chi connectivity index (χ2n) is 6.86. The summed E-state index contributed by atoms with van der Waals surface area (Å²) in [7, 11) is -3.67. The molecule has 0 spiro atoms. The number of nitrogens with zero attached hydrogens (tertiary/aromatic N) is 2. The Balaban J connectivity index is 1.58. The van der Waals surface area contributed by atoms with E-state index in [1.165, 1.54) is 24.3 Å². The molecule has 1 N–H and O–H groups in total. The lowest BCUT2D eigenvalue weighted by molar-refractivity contribution is 0.0265. The van der Waals surface area contributed by atoms with Crippen LogP contribution in [0.2, 0.25) is 0 Å². The van der Waals surface area contributed by atoms with Crippen LogP contribution in [-0.4, -0.2) is 43.8 Å². The Morgan fingerprint density at radius 2 is 2.10 bits per heavy atom. The summed E-state index contributed by atoms with van der Waals surface area (Å²) in [5.74, 6) is 0.179. The van der Waals surface area contributed by atoms with Crippen molar-refractivity contribution in [2.75, 3.05) is 13.2 Å². The van der Waals surface area contributed by atoms with Crippen molar-refractivity contribution in [1.29, 1.82) is 0 Å². The molecule has 158 valence electrons. The number of aromatic nitrogens is 2. The topological polar surface area (TPSA) is 121 Å². The molecule has 29 heavy (non-hydrogen) atoms. The van der Waals surface area contributed by atoms with E-state index in [9.17, 15) is 13.2 Å². The van der Waals surface area contributed by atoms with Gasteiger partial charge in [0, 0.05) is 19.6 Å². The van der Waals surface area contributed by atoms with Gasteiger partial charge >= 0.3 is 5.97 Å². The van der Waals surface area contributed by atoms with Gasteiger partial charge in [0.25, 0.3) is 5.89 Å². The molecule has 3 rings (SSSR count). The molecule has 2 heterocycles. The number of ether oxygens (including phenoxy) is 2. The summed E-state index contributed by atoms with van der Waals surface area (Å²) < 4.78 is 43.2. The van der Waals surface area contributed by atoms with Crippen LogP contribution in [0.25, 0.3) is 0 Å². The van der Waals surface area contributed by atoms with Crippen LogP contribution in [0, 0.1) is 0 Å². The highest BCUT2D eigenvalue weighted by Crippen LogP contribution is 2.19. The van der Waals surface area contributed by atoms with Crippen LogP contribution >= 0.6 is 0 Å². The highest BCUT2D eigenvalue weighted by atomic mass is 32.2. The third-order valence-electron chi connectivity index (χ3n) is 4.51. The summed E-state index contributed by atoms with van der Waals surface area (Å²) in [4.78, 5) is 16.6. The standard InChI is InChI=1S/C19H25N3O6S/c1-3-5-17-21-18(28-22-17)13(2)27-19(23)14-7-9-16(10-8-14)29(24,25)20-12-15-6-4-11-26-15/h7-10,13,15,20H,3-6,11-12H2,1-2H3. The summed E-state index contributed by atoms with van der Waals surface area (Å²) in [6.07, 6.45) is 2.53. The quantitative estimate of drug-likeness (QED) is 0.610. The molecular weight excluding hydrogens is 398 g/mol. The monoisotopic (exact) mass is 423 g/mol. The van der Waals surface area contributed by atoms with Gasteiger partial charge in [-0.05, 0) is 50.5 Å². The van der Waals surface area contributed by atoms with Crippen LogP contribution in [0.15, 0.2) is 33.7 Å². The Morgan fingerprint density at radius 1 is 1.34 bits per heavy atom. The molecule has 1 aromatic heterocycles. The lowest BCUT2D eigenvalue weighted by atomic mass is 10.2. The van der Waals surface area contributed by atoms with E-state index in [-0.39, 0.29) is 29.0 Å². The van der Waals surface area contributed by atoms with E-state index in [0.29, 0.717) is 18.9 Å². The minimum Gasteiger partial charge on any atom is -0.449 e. The molecule has 0 bridgehead atoms. The number of hydrogen-bond donors (Lipinski definition) is 1. The maximum absolute atomic E-state index is 12.4. The van der Waals surface area contributed by atoms with Crippen molar-refractivity contribution in [3.05, 3.63) is 41.5 Å². The van der Waals surface area contributed by atoms with Gasteiger partial charge in [-0.25, -0.2) is 17.9 Å². The third kappa shape index (κ3) is 5.62. The van der Waals surface area contributed by atoms with Gasteiger partial charge in [0.15, 0.2) is 11.9 Å². The lowest BCUT2D eigenvalue weighted by Crippen LogP contribution is -2.31. The number of esters is 1. The van der Waals surface area contributed by atoms with Crippen molar-refractivity contribution in [3.63, 3.8) is 0 Å². The number of carbonyl (C=O) groups is 1. The van der Waals surface area contributed by atoms with Gasteiger partial charge in [0.05, 0.1) is 16.6 Å². The lowest BCUT2D eigenvalue weighted by Gasteiger charge is -2.12. The molecule has 0 radical (unpaired) electrons. The number of benzene rings is 1. The summed E-state index contributed by atoms with van der Waals surface area (Å²) in [6.45, 7) is 4.52. The van der Waals surface area contributed by atoms with Gasteiger partial charge in [0.1, 0.15) is 0 Å². The molecule has 0 saturated carbocycles. The zero-order valence-electron chi connectivity index (χ0n) is 16.5. The number of hydrogen-bond acceptors (Lipinski definition) is 8. The van der Waals surface area contributed by atoms with E-state index in [1.54, 1.807) is 6.92 Å². The van der Waals surface area contributed by atoms with Gasteiger partial charge in [-0.1, -0.05) is 12.1 Å². The number of carbonyl (C=O) groups excluding carboxylic acids is 1. The van der Waals surface area contributed by atoms with Crippen molar-refractivity contribution in [3.8, 4) is 0 Å². The molecule has 1 aromatic carbocycles. The van der Waals surface area contributed by atoms with Crippen molar-refractivity contribution in [2.24, 2.45) is 0 Å². The van der Waals surface area contributed by atoms with Crippen molar-refractivity contribution < 1.29 is 27.2 Å². The fraction of sp³-hybridized carbons (Fsp3) is 0.526. The number of sulfonamides is 1. The predicted molar refractivity (Wildman–Crippen MR) is 103 cm³/mol. The van der Waals surface area contributed by atoms with Crippen LogP contribution in [-0.2, 0) is 25.9 Å². The second-order valence-corrected chi connectivity index (χ2v) is 8.62. The summed E-state index contributed by atoms with van der Waals surface area (Å²) in [5.41, 5.74) is 0.225. The van der Waals surface area contributed by atoms with Gasteiger partial charge in [0.2, 0.25) is 10.0 Å². The first-order valence-electron chi connectivity index (χ1n) is 9.64. The average Bonchev–Trinajstić information content (AvgIpc) is 3.39. The third-order valence-corrected chi connectivity index (χ3v) is 5.95. The fourth-order valence-electron chi connectivity index (χ4n) is 2.90. The van der Waals surface area contributed by atoms with Crippen LogP contribution in [0.5, 0.6) is 0 Å². The van der Waals surface area contributed by atoms with Crippen LogP contribution in [0.3, 0.4) is 0 Å². The van der Waals surface area contributed by atoms with E-state index in [1.807, 2.05) is 6.92 Å². The average molecular weight is 423 g/mol. The maximum Gasteiger partial charge on any atom is 0.338 e. The normalized spacial score (nSPS) is 17.9. The van der Waals surface area contributed by atoms with Gasteiger partial charge in [-0.3, -0.25) is 0 Å². The molecule has 1 saturated heterocycles. The van der Waals surface area contributed by atoms with Gasteiger partial charge in [-0.2, -0.15) is 4.98 Å². The van der Waals surface area contributed by atoms with Gasteiger partial charge in [-0.15, -0.1) is 0 Å². The zero-order chi connectivity index (χ0) is 20.9. The van der Waals surface area contributed by atoms with Crippen LogP contribution < -0.4 is 4.72 Å². The second kappa shape index (κ2) is 9.47. The molecule has 1 aliphatic heterocycles. The molecule has 2 aromatic rings. The Morgan fingerprint density at radius 3 is 2.76 bits per heavy atom. The van der Waals surface area contributed by atoms with E-state index in [0.717, 1.165) is 19.3 Å². The van der Waals surface area contributed by atoms with Gasteiger partial charge < -0.3 is 14.0 Å². The molecule has 1 fully saturated rings. The number of rotatable bonds is 9. The Hall–Kier alpha value is -2.30. The first-order chi connectivity index (χ1) is 13.9. The van der Waals surface area contributed by atoms with E-state index in [2.05, 4.69) is 14.9 Å². The smallest absolute Gasteiger partial charge is 0.338 e. The maximum atomic E-state index is 12.4. The summed E-state index contributed by atoms with van der Waals surface area (Å²) in [6, 6.07) is 5.55. The van der Waals surface area contributed by atoms with Crippen molar-refractivity contribution in [2.45, 2.75) is 56.6 Å². The Kier molecular flexibility index (Phi) is 6.99. The first-order valence-corrected chi connectivity index (χ1v) is 11.1. The molecule has 10 heteroatoms. The predicted octanol–water partition coefficient (Wildman–Crippen LogP) is 2.40. The number of aryl methyl sites for hydroxylation is 1. The summed E-state index contributed by atoms with van der Waals surface area (Å²) in [5, 5.41) is 3.83. The van der Waals surface area contributed by atoms with E-state index < -0.39 is 22.1 Å². The van der Waals surface area contributed by atoms with Crippen molar-refractivity contribution in [1.82, 2.24) is 14.9 Å².